The zero-order valence-electron chi connectivity index (χ0n) is 10.5. The first kappa shape index (κ1) is 14.1. The van der Waals surface area contributed by atoms with E-state index in [1.165, 1.54) is 12.1 Å². The normalized spacial score (nSPS) is 10.8. The van der Waals surface area contributed by atoms with Gasteiger partial charge in [0.05, 0.1) is 10.6 Å². The SMILES string of the molecule is [N-]=[N+]=Nc1ccccc1S(=O)(=O)NCc1ccccc1. The Balaban J connectivity index is 2.25. The molecule has 1 N–H and O–H groups in total. The lowest BCUT2D eigenvalue weighted by Crippen LogP contribution is -2.23. The van der Waals surface area contributed by atoms with Crippen LogP contribution in [0.5, 0.6) is 0 Å². The minimum atomic E-state index is -3.73. The van der Waals surface area contributed by atoms with Gasteiger partial charge in [-0.1, -0.05) is 53.6 Å². The molecule has 0 saturated carbocycles. The molecule has 0 bridgehead atoms. The summed E-state index contributed by atoms with van der Waals surface area (Å²) in [7, 11) is -3.73. The molecule has 0 saturated heterocycles. The molecule has 0 fully saturated rings. The van der Waals surface area contributed by atoms with Crippen LogP contribution in [-0.2, 0) is 16.6 Å². The highest BCUT2D eigenvalue weighted by Crippen LogP contribution is 2.23. The maximum Gasteiger partial charge on any atom is 0.241 e. The number of hydrogen-bond donors (Lipinski definition) is 1. The van der Waals surface area contributed by atoms with Gasteiger partial charge in [0, 0.05) is 11.5 Å². The molecule has 0 aromatic heterocycles. The number of nitrogens with one attached hydrogen (secondary N) is 1. The van der Waals surface area contributed by atoms with Crippen LogP contribution in [0.1, 0.15) is 5.56 Å². The summed E-state index contributed by atoms with van der Waals surface area (Å²) in [5, 5.41) is 3.39. The van der Waals surface area contributed by atoms with Crippen molar-refractivity contribution in [2.24, 2.45) is 5.11 Å². The van der Waals surface area contributed by atoms with Gasteiger partial charge in [-0.25, -0.2) is 13.1 Å². The standard InChI is InChI=1S/C13H12N4O2S/c14-17-16-12-8-4-5-9-13(12)20(18,19)15-10-11-6-2-1-3-7-11/h1-9,15H,10H2. The molecule has 0 radical (unpaired) electrons. The molecule has 0 spiro atoms. The van der Waals surface area contributed by atoms with Gasteiger partial charge < -0.3 is 0 Å². The molecule has 102 valence electrons. The summed E-state index contributed by atoms with van der Waals surface area (Å²) >= 11 is 0. The highest BCUT2D eigenvalue weighted by atomic mass is 32.2. The van der Waals surface area contributed by atoms with Crippen LogP contribution in [0, 0.1) is 0 Å². The second-order valence-electron chi connectivity index (χ2n) is 3.97. The highest BCUT2D eigenvalue weighted by Gasteiger charge is 2.16. The Kier molecular flexibility index (Phi) is 4.37. The van der Waals surface area contributed by atoms with E-state index in [-0.39, 0.29) is 17.1 Å². The van der Waals surface area contributed by atoms with Crippen LogP contribution in [0.2, 0.25) is 0 Å². The van der Waals surface area contributed by atoms with Crippen LogP contribution in [0.15, 0.2) is 64.6 Å². The zero-order valence-corrected chi connectivity index (χ0v) is 11.3. The van der Waals surface area contributed by atoms with E-state index >= 15 is 0 Å². The molecule has 2 aromatic carbocycles. The molecule has 0 unspecified atom stereocenters. The van der Waals surface area contributed by atoms with Crippen LogP contribution < -0.4 is 4.72 Å². The predicted octanol–water partition coefficient (Wildman–Crippen LogP) is 3.11. The number of azide groups is 1. The van der Waals surface area contributed by atoms with Crippen LogP contribution >= 0.6 is 0 Å². The number of sulfonamides is 1. The summed E-state index contributed by atoms with van der Waals surface area (Å²) in [6.07, 6.45) is 0. The van der Waals surface area contributed by atoms with Crippen molar-refractivity contribution in [1.82, 2.24) is 4.72 Å². The lowest BCUT2D eigenvalue weighted by molar-refractivity contribution is 0.581. The minimum Gasteiger partial charge on any atom is -0.207 e. The van der Waals surface area contributed by atoms with E-state index in [1.54, 1.807) is 12.1 Å². The number of hydrogen-bond acceptors (Lipinski definition) is 3. The fourth-order valence-electron chi connectivity index (χ4n) is 1.67. The molecule has 2 aromatic rings. The molecule has 0 aliphatic rings. The molecular weight excluding hydrogens is 276 g/mol. The maximum atomic E-state index is 12.2. The molecule has 2 rings (SSSR count). The minimum absolute atomic E-state index is 0.0336. The van der Waals surface area contributed by atoms with Gasteiger partial charge in [0.15, 0.2) is 0 Å². The van der Waals surface area contributed by atoms with Gasteiger partial charge in [0.2, 0.25) is 10.0 Å². The van der Waals surface area contributed by atoms with Crippen LogP contribution in [0.4, 0.5) is 5.69 Å². The van der Waals surface area contributed by atoms with Gasteiger partial charge >= 0.3 is 0 Å². The maximum absolute atomic E-state index is 12.2. The molecule has 0 aliphatic heterocycles. The third-order valence-corrected chi connectivity index (χ3v) is 4.06. The fraction of sp³-hybridized carbons (Fsp3) is 0.0769. The quantitative estimate of drug-likeness (QED) is 0.520. The number of benzene rings is 2. The molecular formula is C13H12N4O2S. The fourth-order valence-corrected chi connectivity index (χ4v) is 2.82. The van der Waals surface area contributed by atoms with E-state index in [0.717, 1.165) is 5.56 Å². The summed E-state index contributed by atoms with van der Waals surface area (Å²) in [6, 6.07) is 15.2. The molecule has 0 amide bonds. The average Bonchev–Trinajstić information content (AvgIpc) is 2.47. The van der Waals surface area contributed by atoms with Crippen LogP contribution in [0.3, 0.4) is 0 Å². The Morgan fingerprint density at radius 1 is 1.05 bits per heavy atom. The highest BCUT2D eigenvalue weighted by molar-refractivity contribution is 7.89. The van der Waals surface area contributed by atoms with E-state index in [0.29, 0.717) is 0 Å². The first-order valence-electron chi connectivity index (χ1n) is 5.81. The summed E-state index contributed by atoms with van der Waals surface area (Å²) in [6.45, 7) is 0.174. The first-order chi connectivity index (χ1) is 9.63. The zero-order chi connectivity index (χ0) is 14.4. The monoisotopic (exact) mass is 288 g/mol. The van der Waals surface area contributed by atoms with E-state index in [4.69, 9.17) is 5.53 Å². The van der Waals surface area contributed by atoms with Crippen molar-refractivity contribution in [2.75, 3.05) is 0 Å². The van der Waals surface area contributed by atoms with E-state index in [9.17, 15) is 8.42 Å². The number of nitrogens with zero attached hydrogens (tertiary/aromatic N) is 3. The van der Waals surface area contributed by atoms with Crippen molar-refractivity contribution in [2.45, 2.75) is 11.4 Å². The largest absolute Gasteiger partial charge is 0.241 e. The van der Waals surface area contributed by atoms with Crippen molar-refractivity contribution < 1.29 is 8.42 Å². The third-order valence-electron chi connectivity index (χ3n) is 2.62. The van der Waals surface area contributed by atoms with Gasteiger partial charge in [-0.15, -0.1) is 0 Å². The Morgan fingerprint density at radius 3 is 2.40 bits per heavy atom. The van der Waals surface area contributed by atoms with Gasteiger partial charge in [-0.3, -0.25) is 0 Å². The summed E-state index contributed by atoms with van der Waals surface area (Å²) in [4.78, 5) is 2.60. The second kappa shape index (κ2) is 6.21. The smallest absolute Gasteiger partial charge is 0.207 e. The van der Waals surface area contributed by atoms with E-state index in [1.807, 2.05) is 30.3 Å². The van der Waals surface area contributed by atoms with E-state index in [2.05, 4.69) is 14.7 Å². The molecule has 0 atom stereocenters. The summed E-state index contributed by atoms with van der Waals surface area (Å²) < 4.78 is 26.9. The average molecular weight is 288 g/mol. The Hall–Kier alpha value is -2.34. The molecule has 0 heterocycles. The van der Waals surface area contributed by atoms with Crippen molar-refractivity contribution in [1.29, 1.82) is 0 Å². The van der Waals surface area contributed by atoms with Gasteiger partial charge in [0.1, 0.15) is 0 Å². The second-order valence-corrected chi connectivity index (χ2v) is 5.70. The third kappa shape index (κ3) is 3.36. The Morgan fingerprint density at radius 2 is 1.70 bits per heavy atom. The molecule has 6 nitrogen and oxygen atoms in total. The molecule has 0 aliphatic carbocycles. The Labute approximate surface area is 116 Å². The lowest BCUT2D eigenvalue weighted by atomic mass is 10.2. The summed E-state index contributed by atoms with van der Waals surface area (Å²) in [5.41, 5.74) is 9.38. The molecule has 7 heteroatoms. The van der Waals surface area contributed by atoms with Crippen molar-refractivity contribution in [3.05, 3.63) is 70.6 Å². The van der Waals surface area contributed by atoms with Gasteiger partial charge in [-0.05, 0) is 17.2 Å². The van der Waals surface area contributed by atoms with Crippen LogP contribution in [0.25, 0.3) is 10.4 Å². The summed E-state index contributed by atoms with van der Waals surface area (Å²) in [5.74, 6) is 0. The first-order valence-corrected chi connectivity index (χ1v) is 7.29. The van der Waals surface area contributed by atoms with E-state index < -0.39 is 10.0 Å². The van der Waals surface area contributed by atoms with Crippen molar-refractivity contribution in [3.63, 3.8) is 0 Å². The number of rotatable bonds is 5. The van der Waals surface area contributed by atoms with Gasteiger partial charge in [-0.2, -0.15) is 0 Å². The van der Waals surface area contributed by atoms with Crippen molar-refractivity contribution >= 4 is 15.7 Å². The van der Waals surface area contributed by atoms with Crippen LogP contribution in [-0.4, -0.2) is 8.42 Å². The predicted molar refractivity (Wildman–Crippen MR) is 75.7 cm³/mol. The van der Waals surface area contributed by atoms with Crippen molar-refractivity contribution in [3.8, 4) is 0 Å². The topological polar surface area (TPSA) is 94.9 Å². The van der Waals surface area contributed by atoms with Gasteiger partial charge in [0.25, 0.3) is 0 Å². The molecule has 20 heavy (non-hydrogen) atoms. The lowest BCUT2D eigenvalue weighted by Gasteiger charge is -2.08. The Bertz CT molecular complexity index is 738.